The van der Waals surface area contributed by atoms with Gasteiger partial charge in [-0.3, -0.25) is 0 Å². The number of aldehydes is 1. The van der Waals surface area contributed by atoms with Crippen LogP contribution in [0.2, 0.25) is 0 Å². The molecule has 1 rings (SSSR count). The van der Waals surface area contributed by atoms with Gasteiger partial charge in [-0.25, -0.2) is 0 Å². The fourth-order valence-corrected chi connectivity index (χ4v) is 2.00. The molecule has 1 aromatic carbocycles. The molecule has 0 unspecified atom stereocenters. The zero-order chi connectivity index (χ0) is 9.68. The van der Waals surface area contributed by atoms with Crippen LogP contribution in [0.15, 0.2) is 18.2 Å². The average molecular weight is 400 g/mol. The van der Waals surface area contributed by atoms with E-state index in [0.29, 0.717) is 6.42 Å². The molecule has 0 aliphatic heterocycles. The Kier molecular flexibility index (Phi) is 5.23. The average Bonchev–Trinajstić information content (AvgIpc) is 2.12. The maximum absolute atomic E-state index is 10.1. The second kappa shape index (κ2) is 5.95. The van der Waals surface area contributed by atoms with E-state index in [2.05, 4.69) is 63.4 Å². The molecule has 0 amide bonds. The quantitative estimate of drug-likeness (QED) is 0.430. The van der Waals surface area contributed by atoms with Crippen molar-refractivity contribution in [3.8, 4) is 0 Å². The smallest absolute Gasteiger partial charge is 0.120 e. The molecule has 13 heavy (non-hydrogen) atoms. The normalized spacial score (nSPS) is 10.0. The number of rotatable bonds is 4. The van der Waals surface area contributed by atoms with Crippen LogP contribution >= 0.6 is 45.2 Å². The summed E-state index contributed by atoms with van der Waals surface area (Å²) in [5.74, 6) is 0. The SMILES string of the molecule is O=CCCCc1ccc(I)c(I)c1. The zero-order valence-electron chi connectivity index (χ0n) is 7.09. The standard InChI is InChI=1S/C10H10I2O/c11-9-5-4-8(7-10(9)12)3-1-2-6-13/h4-7H,1-3H2. The van der Waals surface area contributed by atoms with E-state index in [1.165, 1.54) is 12.7 Å². The molecule has 1 aromatic rings. The Morgan fingerprint density at radius 2 is 2.00 bits per heavy atom. The second-order valence-electron chi connectivity index (χ2n) is 2.81. The van der Waals surface area contributed by atoms with Crippen molar-refractivity contribution in [2.45, 2.75) is 19.3 Å². The lowest BCUT2D eigenvalue weighted by molar-refractivity contribution is -0.107. The Morgan fingerprint density at radius 1 is 1.23 bits per heavy atom. The molecule has 0 fully saturated rings. The summed E-state index contributed by atoms with van der Waals surface area (Å²) in [6.07, 6.45) is 3.62. The summed E-state index contributed by atoms with van der Waals surface area (Å²) in [6.45, 7) is 0. The van der Waals surface area contributed by atoms with Crippen molar-refractivity contribution in [1.29, 1.82) is 0 Å². The minimum atomic E-state index is 0.669. The van der Waals surface area contributed by atoms with Gasteiger partial charge in [0.25, 0.3) is 0 Å². The molecule has 0 aromatic heterocycles. The first-order chi connectivity index (χ1) is 6.24. The van der Waals surface area contributed by atoms with Crippen LogP contribution in [0.4, 0.5) is 0 Å². The molecule has 0 radical (unpaired) electrons. The van der Waals surface area contributed by atoms with Crippen LogP contribution in [0.25, 0.3) is 0 Å². The van der Waals surface area contributed by atoms with Crippen LogP contribution in [0.5, 0.6) is 0 Å². The third-order valence-electron chi connectivity index (χ3n) is 1.77. The van der Waals surface area contributed by atoms with Gasteiger partial charge < -0.3 is 4.79 Å². The van der Waals surface area contributed by atoms with Crippen LogP contribution in [-0.4, -0.2) is 6.29 Å². The van der Waals surface area contributed by atoms with Crippen molar-refractivity contribution in [1.82, 2.24) is 0 Å². The van der Waals surface area contributed by atoms with Gasteiger partial charge >= 0.3 is 0 Å². The minimum absolute atomic E-state index is 0.669. The predicted octanol–water partition coefficient (Wildman–Crippen LogP) is 3.42. The molecule has 0 aliphatic rings. The van der Waals surface area contributed by atoms with E-state index in [-0.39, 0.29) is 0 Å². The molecule has 1 nitrogen and oxygen atoms in total. The lowest BCUT2D eigenvalue weighted by Crippen LogP contribution is -1.88. The van der Waals surface area contributed by atoms with Gasteiger partial charge in [-0.2, -0.15) is 0 Å². The van der Waals surface area contributed by atoms with Crippen molar-refractivity contribution in [2.24, 2.45) is 0 Å². The van der Waals surface area contributed by atoms with Crippen molar-refractivity contribution in [3.05, 3.63) is 30.9 Å². The van der Waals surface area contributed by atoms with E-state index < -0.39 is 0 Å². The molecular weight excluding hydrogens is 390 g/mol. The molecule has 0 saturated heterocycles. The Labute approximate surface area is 106 Å². The fraction of sp³-hybridized carbons (Fsp3) is 0.300. The van der Waals surface area contributed by atoms with Gasteiger partial charge in [0.1, 0.15) is 6.29 Å². The van der Waals surface area contributed by atoms with Crippen LogP contribution < -0.4 is 0 Å². The molecule has 3 heteroatoms. The number of carbonyl (C=O) groups excluding carboxylic acids is 1. The Bertz CT molecular complexity index is 297. The van der Waals surface area contributed by atoms with E-state index in [1.807, 2.05) is 0 Å². The Balaban J connectivity index is 2.57. The largest absolute Gasteiger partial charge is 0.303 e. The first kappa shape index (κ1) is 11.4. The highest BCUT2D eigenvalue weighted by Crippen LogP contribution is 2.17. The first-order valence-corrected chi connectivity index (χ1v) is 6.27. The highest BCUT2D eigenvalue weighted by molar-refractivity contribution is 14.1. The molecule has 70 valence electrons. The molecule has 0 atom stereocenters. The van der Waals surface area contributed by atoms with Gasteiger partial charge in [-0.15, -0.1) is 0 Å². The molecule has 0 spiro atoms. The summed E-state index contributed by atoms with van der Waals surface area (Å²) < 4.78 is 2.58. The van der Waals surface area contributed by atoms with Gasteiger partial charge in [-0.05, 0) is 75.7 Å². The van der Waals surface area contributed by atoms with E-state index in [0.717, 1.165) is 19.1 Å². The lowest BCUT2D eigenvalue weighted by Gasteiger charge is -2.01. The summed E-state index contributed by atoms with van der Waals surface area (Å²) in [7, 11) is 0. The second-order valence-corrected chi connectivity index (χ2v) is 5.13. The van der Waals surface area contributed by atoms with Crippen LogP contribution in [0.1, 0.15) is 18.4 Å². The molecule has 0 bridgehead atoms. The minimum Gasteiger partial charge on any atom is -0.303 e. The van der Waals surface area contributed by atoms with E-state index in [1.54, 1.807) is 0 Å². The number of aryl methyl sites for hydroxylation is 1. The van der Waals surface area contributed by atoms with Crippen LogP contribution in [0.3, 0.4) is 0 Å². The predicted molar refractivity (Wildman–Crippen MR) is 70.9 cm³/mol. The highest BCUT2D eigenvalue weighted by atomic mass is 127. The third kappa shape index (κ3) is 3.93. The van der Waals surface area contributed by atoms with Crippen LogP contribution in [0, 0.1) is 7.14 Å². The first-order valence-electron chi connectivity index (χ1n) is 4.11. The van der Waals surface area contributed by atoms with Crippen molar-refractivity contribution in [3.63, 3.8) is 0 Å². The lowest BCUT2D eigenvalue weighted by atomic mass is 10.1. The van der Waals surface area contributed by atoms with Gasteiger partial charge in [0.2, 0.25) is 0 Å². The topological polar surface area (TPSA) is 17.1 Å². The maximum Gasteiger partial charge on any atom is 0.120 e. The van der Waals surface area contributed by atoms with Gasteiger partial charge in [-0.1, -0.05) is 6.07 Å². The maximum atomic E-state index is 10.1. The number of hydrogen-bond acceptors (Lipinski definition) is 1. The summed E-state index contributed by atoms with van der Waals surface area (Å²) in [4.78, 5) is 10.1. The summed E-state index contributed by atoms with van der Waals surface area (Å²) in [6, 6.07) is 6.44. The van der Waals surface area contributed by atoms with Crippen molar-refractivity contribution < 1.29 is 4.79 Å². The fourth-order valence-electron chi connectivity index (χ4n) is 1.08. The number of benzene rings is 1. The molecular formula is C10H10I2O. The third-order valence-corrected chi connectivity index (χ3v) is 4.64. The Morgan fingerprint density at radius 3 is 2.62 bits per heavy atom. The van der Waals surface area contributed by atoms with E-state index in [4.69, 9.17) is 0 Å². The zero-order valence-corrected chi connectivity index (χ0v) is 11.4. The molecule has 0 saturated carbocycles. The highest BCUT2D eigenvalue weighted by Gasteiger charge is 1.98. The summed E-state index contributed by atoms with van der Waals surface area (Å²) in [5, 5.41) is 0. The number of carbonyl (C=O) groups is 1. The van der Waals surface area contributed by atoms with Crippen molar-refractivity contribution in [2.75, 3.05) is 0 Å². The molecule has 0 aliphatic carbocycles. The van der Waals surface area contributed by atoms with Gasteiger partial charge in [0.05, 0.1) is 0 Å². The van der Waals surface area contributed by atoms with Crippen molar-refractivity contribution >= 4 is 51.5 Å². The number of hydrogen-bond donors (Lipinski definition) is 0. The Hall–Kier alpha value is 0.350. The van der Waals surface area contributed by atoms with Crippen LogP contribution in [-0.2, 0) is 11.2 Å². The van der Waals surface area contributed by atoms with Gasteiger partial charge in [0, 0.05) is 13.6 Å². The monoisotopic (exact) mass is 400 g/mol. The molecule has 0 heterocycles. The summed E-state index contributed by atoms with van der Waals surface area (Å²) >= 11 is 4.66. The summed E-state index contributed by atoms with van der Waals surface area (Å²) in [5.41, 5.74) is 1.33. The molecule has 0 N–H and O–H groups in total. The van der Waals surface area contributed by atoms with Gasteiger partial charge in [0.15, 0.2) is 0 Å². The number of halogens is 2. The van der Waals surface area contributed by atoms with E-state index >= 15 is 0 Å². The number of unbranched alkanes of at least 4 members (excludes halogenated alkanes) is 1. The van der Waals surface area contributed by atoms with E-state index in [9.17, 15) is 4.79 Å².